The molecule has 1 aliphatic rings. The number of amides is 1. The Kier molecular flexibility index (Phi) is 5.67. The predicted molar refractivity (Wildman–Crippen MR) is 104 cm³/mol. The third kappa shape index (κ3) is 4.58. The van der Waals surface area contributed by atoms with Crippen LogP contribution in [0.3, 0.4) is 0 Å². The zero-order valence-electron chi connectivity index (χ0n) is 15.4. The van der Waals surface area contributed by atoms with Crippen molar-refractivity contribution >= 4 is 21.6 Å². The Morgan fingerprint density at radius 2 is 1.74 bits per heavy atom. The molecule has 2 aromatic rings. The van der Waals surface area contributed by atoms with E-state index in [0.717, 1.165) is 13.1 Å². The number of methoxy groups -OCH3 is 1. The van der Waals surface area contributed by atoms with Gasteiger partial charge in [-0.2, -0.15) is 0 Å². The Balaban J connectivity index is 1.80. The van der Waals surface area contributed by atoms with E-state index in [1.807, 2.05) is 7.05 Å². The molecule has 2 aromatic carbocycles. The van der Waals surface area contributed by atoms with Gasteiger partial charge in [0.1, 0.15) is 5.75 Å². The number of hydrogen-bond donors (Lipinski definition) is 1. The monoisotopic (exact) mass is 389 g/mol. The van der Waals surface area contributed by atoms with Gasteiger partial charge in [-0.1, -0.05) is 12.1 Å². The largest absolute Gasteiger partial charge is 0.497 e. The molecule has 1 N–H and O–H groups in total. The Hall–Kier alpha value is -2.58. The molecule has 8 heteroatoms. The SMILES string of the molecule is COc1cccc(NS(=O)(=O)c2cccc(C(=O)N3CCN(C)CC3)c2)c1. The number of sulfonamides is 1. The van der Waals surface area contributed by atoms with Gasteiger partial charge >= 0.3 is 0 Å². The highest BCUT2D eigenvalue weighted by molar-refractivity contribution is 7.92. The second-order valence-corrected chi connectivity index (χ2v) is 8.14. The average molecular weight is 389 g/mol. The summed E-state index contributed by atoms with van der Waals surface area (Å²) in [7, 11) is -0.290. The van der Waals surface area contributed by atoms with Crippen molar-refractivity contribution in [1.82, 2.24) is 9.80 Å². The molecule has 27 heavy (non-hydrogen) atoms. The highest BCUT2D eigenvalue weighted by Crippen LogP contribution is 2.21. The normalized spacial score (nSPS) is 15.4. The van der Waals surface area contributed by atoms with Gasteiger partial charge in [0.15, 0.2) is 0 Å². The van der Waals surface area contributed by atoms with E-state index >= 15 is 0 Å². The Morgan fingerprint density at radius 1 is 1.04 bits per heavy atom. The number of carbonyl (C=O) groups is 1. The summed E-state index contributed by atoms with van der Waals surface area (Å²) in [5, 5.41) is 0. The van der Waals surface area contributed by atoms with Crippen molar-refractivity contribution < 1.29 is 17.9 Å². The van der Waals surface area contributed by atoms with Crippen LogP contribution in [-0.4, -0.2) is 64.5 Å². The molecule has 7 nitrogen and oxygen atoms in total. The molecular formula is C19H23N3O4S. The zero-order chi connectivity index (χ0) is 19.4. The topological polar surface area (TPSA) is 78.9 Å². The highest BCUT2D eigenvalue weighted by Gasteiger charge is 2.22. The standard InChI is InChI=1S/C19H23N3O4S/c1-21-9-11-22(12-10-21)19(23)15-5-3-8-18(13-15)27(24,25)20-16-6-4-7-17(14-16)26-2/h3-8,13-14,20H,9-12H2,1-2H3. The molecule has 0 radical (unpaired) electrons. The number of piperazine rings is 1. The van der Waals surface area contributed by atoms with Crippen LogP contribution in [0.1, 0.15) is 10.4 Å². The smallest absolute Gasteiger partial charge is 0.261 e. The van der Waals surface area contributed by atoms with Crippen molar-refractivity contribution in [2.45, 2.75) is 4.90 Å². The van der Waals surface area contributed by atoms with Crippen LogP contribution >= 0.6 is 0 Å². The van der Waals surface area contributed by atoms with Crippen molar-refractivity contribution in [1.29, 1.82) is 0 Å². The highest BCUT2D eigenvalue weighted by atomic mass is 32.2. The first-order valence-corrected chi connectivity index (χ1v) is 10.1. The number of ether oxygens (including phenoxy) is 1. The van der Waals surface area contributed by atoms with Crippen molar-refractivity contribution in [3.8, 4) is 5.75 Å². The van der Waals surface area contributed by atoms with Crippen LogP contribution in [0.25, 0.3) is 0 Å². The van der Waals surface area contributed by atoms with Gasteiger partial charge < -0.3 is 14.5 Å². The maximum absolute atomic E-state index is 12.7. The van der Waals surface area contributed by atoms with Gasteiger partial charge in [-0.15, -0.1) is 0 Å². The second kappa shape index (κ2) is 7.98. The molecule has 1 heterocycles. The van der Waals surface area contributed by atoms with Crippen molar-refractivity contribution in [3.63, 3.8) is 0 Å². The van der Waals surface area contributed by atoms with Gasteiger partial charge in [0.2, 0.25) is 0 Å². The Morgan fingerprint density at radius 3 is 2.44 bits per heavy atom. The third-order valence-electron chi connectivity index (χ3n) is 4.50. The van der Waals surface area contributed by atoms with E-state index in [0.29, 0.717) is 30.1 Å². The molecule has 0 aliphatic carbocycles. The van der Waals surface area contributed by atoms with Gasteiger partial charge in [0.05, 0.1) is 17.7 Å². The minimum Gasteiger partial charge on any atom is -0.497 e. The first-order chi connectivity index (χ1) is 12.9. The van der Waals surface area contributed by atoms with Crippen LogP contribution in [0.2, 0.25) is 0 Å². The molecular weight excluding hydrogens is 366 g/mol. The fourth-order valence-corrected chi connectivity index (χ4v) is 3.98. The van der Waals surface area contributed by atoms with E-state index in [1.54, 1.807) is 41.3 Å². The quantitative estimate of drug-likeness (QED) is 0.845. The summed E-state index contributed by atoms with van der Waals surface area (Å²) in [5.41, 5.74) is 0.762. The van der Waals surface area contributed by atoms with Gasteiger partial charge in [0.25, 0.3) is 15.9 Å². The number of hydrogen-bond acceptors (Lipinski definition) is 5. The number of carbonyl (C=O) groups excluding carboxylic acids is 1. The number of nitrogens with one attached hydrogen (secondary N) is 1. The van der Waals surface area contributed by atoms with Gasteiger partial charge in [-0.05, 0) is 37.4 Å². The lowest BCUT2D eigenvalue weighted by Gasteiger charge is -2.32. The fraction of sp³-hybridized carbons (Fsp3) is 0.316. The van der Waals surface area contributed by atoms with E-state index in [9.17, 15) is 13.2 Å². The van der Waals surface area contributed by atoms with Crippen LogP contribution in [0.5, 0.6) is 5.75 Å². The lowest BCUT2D eigenvalue weighted by Crippen LogP contribution is -2.47. The van der Waals surface area contributed by atoms with E-state index < -0.39 is 10.0 Å². The molecule has 144 valence electrons. The van der Waals surface area contributed by atoms with Crippen LogP contribution in [0.15, 0.2) is 53.4 Å². The van der Waals surface area contributed by atoms with Crippen molar-refractivity contribution in [3.05, 3.63) is 54.1 Å². The number of rotatable bonds is 5. The predicted octanol–water partition coefficient (Wildman–Crippen LogP) is 1.88. The van der Waals surface area contributed by atoms with E-state index in [-0.39, 0.29) is 10.8 Å². The molecule has 1 amide bonds. The minimum atomic E-state index is -3.82. The summed E-state index contributed by atoms with van der Waals surface area (Å²) < 4.78 is 33.1. The molecule has 0 atom stereocenters. The van der Waals surface area contributed by atoms with Gasteiger partial charge in [0, 0.05) is 37.8 Å². The van der Waals surface area contributed by atoms with Crippen LogP contribution in [0, 0.1) is 0 Å². The summed E-state index contributed by atoms with van der Waals surface area (Å²) in [5.74, 6) is 0.399. The molecule has 0 aromatic heterocycles. The Labute approximate surface area is 159 Å². The summed E-state index contributed by atoms with van der Waals surface area (Å²) in [4.78, 5) is 16.7. The Bertz CT molecular complexity index is 922. The molecule has 1 aliphatic heterocycles. The third-order valence-corrected chi connectivity index (χ3v) is 5.88. The van der Waals surface area contributed by atoms with E-state index in [4.69, 9.17) is 4.74 Å². The number of likely N-dealkylation sites (N-methyl/N-ethyl adjacent to an activating group) is 1. The maximum Gasteiger partial charge on any atom is 0.261 e. The molecule has 0 saturated carbocycles. The lowest BCUT2D eigenvalue weighted by molar-refractivity contribution is 0.0664. The summed E-state index contributed by atoms with van der Waals surface area (Å²) in [6, 6.07) is 12.8. The van der Waals surface area contributed by atoms with Gasteiger partial charge in [-0.3, -0.25) is 9.52 Å². The maximum atomic E-state index is 12.7. The van der Waals surface area contributed by atoms with Crippen molar-refractivity contribution in [2.75, 3.05) is 45.1 Å². The molecule has 3 rings (SSSR count). The molecule has 1 fully saturated rings. The molecule has 0 bridgehead atoms. The number of nitrogens with zero attached hydrogens (tertiary/aromatic N) is 2. The second-order valence-electron chi connectivity index (χ2n) is 6.46. The summed E-state index contributed by atoms with van der Waals surface area (Å²) >= 11 is 0. The zero-order valence-corrected chi connectivity index (χ0v) is 16.2. The van der Waals surface area contributed by atoms with E-state index in [1.165, 1.54) is 19.2 Å². The minimum absolute atomic E-state index is 0.0466. The van der Waals surface area contributed by atoms with E-state index in [2.05, 4.69) is 9.62 Å². The van der Waals surface area contributed by atoms with Crippen LogP contribution in [0.4, 0.5) is 5.69 Å². The first-order valence-electron chi connectivity index (χ1n) is 8.64. The van der Waals surface area contributed by atoms with Gasteiger partial charge in [-0.25, -0.2) is 8.42 Å². The lowest BCUT2D eigenvalue weighted by atomic mass is 10.2. The number of benzene rings is 2. The summed E-state index contributed by atoms with van der Waals surface area (Å²) in [6.45, 7) is 2.88. The molecule has 1 saturated heterocycles. The van der Waals surface area contributed by atoms with Crippen LogP contribution < -0.4 is 9.46 Å². The average Bonchev–Trinajstić information content (AvgIpc) is 2.68. The molecule has 0 unspecified atom stereocenters. The van der Waals surface area contributed by atoms with Crippen molar-refractivity contribution in [2.24, 2.45) is 0 Å². The first kappa shape index (κ1) is 19.2. The van der Waals surface area contributed by atoms with Crippen LogP contribution in [-0.2, 0) is 10.0 Å². The fourth-order valence-electron chi connectivity index (χ4n) is 2.89. The molecule has 0 spiro atoms. The summed E-state index contributed by atoms with van der Waals surface area (Å²) in [6.07, 6.45) is 0. The number of anilines is 1.